The highest BCUT2D eigenvalue weighted by Crippen LogP contribution is 2.15. The lowest BCUT2D eigenvalue weighted by molar-refractivity contribution is -0.143. The van der Waals surface area contributed by atoms with Gasteiger partial charge in [0.05, 0.1) is 6.61 Å². The van der Waals surface area contributed by atoms with Crippen LogP contribution in [0.4, 0.5) is 0 Å². The summed E-state index contributed by atoms with van der Waals surface area (Å²) in [6.07, 6.45) is 3.04. The summed E-state index contributed by atoms with van der Waals surface area (Å²) in [4.78, 5) is 22.8. The van der Waals surface area contributed by atoms with Gasteiger partial charge < -0.3 is 14.8 Å². The number of esters is 1. The van der Waals surface area contributed by atoms with Gasteiger partial charge in [0.1, 0.15) is 18.9 Å². The van der Waals surface area contributed by atoms with E-state index >= 15 is 0 Å². The molecule has 0 radical (unpaired) electrons. The zero-order valence-corrected chi connectivity index (χ0v) is 14.1. The molecule has 0 aliphatic heterocycles. The molecule has 0 saturated heterocycles. The highest BCUT2D eigenvalue weighted by molar-refractivity contribution is 5.93. The SMILES string of the molecule is CCOC(=O)CNC(=O)/C=C/c1ccc(OCc2ccccc2)cc1. The van der Waals surface area contributed by atoms with Crippen LogP contribution in [-0.2, 0) is 20.9 Å². The summed E-state index contributed by atoms with van der Waals surface area (Å²) in [5, 5.41) is 2.46. The van der Waals surface area contributed by atoms with E-state index in [9.17, 15) is 9.59 Å². The third-order valence-electron chi connectivity index (χ3n) is 3.27. The van der Waals surface area contributed by atoms with Gasteiger partial charge in [0, 0.05) is 6.08 Å². The molecule has 0 unspecified atom stereocenters. The Hall–Kier alpha value is -3.08. The number of rotatable bonds is 8. The van der Waals surface area contributed by atoms with E-state index in [-0.39, 0.29) is 12.5 Å². The van der Waals surface area contributed by atoms with Gasteiger partial charge in [-0.05, 0) is 36.3 Å². The van der Waals surface area contributed by atoms with Crippen molar-refractivity contribution in [1.29, 1.82) is 0 Å². The number of benzene rings is 2. The van der Waals surface area contributed by atoms with Gasteiger partial charge in [0.2, 0.25) is 5.91 Å². The smallest absolute Gasteiger partial charge is 0.325 e. The number of hydrogen-bond acceptors (Lipinski definition) is 4. The lowest BCUT2D eigenvalue weighted by Crippen LogP contribution is -2.29. The van der Waals surface area contributed by atoms with Gasteiger partial charge in [-0.2, -0.15) is 0 Å². The molecule has 2 rings (SSSR count). The van der Waals surface area contributed by atoms with Crippen LogP contribution in [0.1, 0.15) is 18.1 Å². The van der Waals surface area contributed by atoms with Crippen molar-refractivity contribution in [3.63, 3.8) is 0 Å². The molecule has 130 valence electrons. The second-order valence-electron chi connectivity index (χ2n) is 5.20. The van der Waals surface area contributed by atoms with Crippen molar-refractivity contribution in [2.75, 3.05) is 13.2 Å². The van der Waals surface area contributed by atoms with Crippen LogP contribution in [0, 0.1) is 0 Å². The number of carbonyl (C=O) groups excluding carboxylic acids is 2. The van der Waals surface area contributed by atoms with E-state index in [0.29, 0.717) is 13.2 Å². The Balaban J connectivity index is 1.79. The quantitative estimate of drug-likeness (QED) is 0.593. The van der Waals surface area contributed by atoms with Gasteiger partial charge in [0.15, 0.2) is 0 Å². The normalized spacial score (nSPS) is 10.4. The lowest BCUT2D eigenvalue weighted by atomic mass is 10.2. The molecule has 5 heteroatoms. The van der Waals surface area contributed by atoms with Crippen LogP contribution in [0.15, 0.2) is 60.7 Å². The highest BCUT2D eigenvalue weighted by atomic mass is 16.5. The van der Waals surface area contributed by atoms with Crippen molar-refractivity contribution in [3.8, 4) is 5.75 Å². The Kier molecular flexibility index (Phi) is 7.25. The van der Waals surface area contributed by atoms with Crippen molar-refractivity contribution in [1.82, 2.24) is 5.32 Å². The van der Waals surface area contributed by atoms with Crippen LogP contribution in [0.25, 0.3) is 6.08 Å². The van der Waals surface area contributed by atoms with Crippen molar-refractivity contribution in [2.45, 2.75) is 13.5 Å². The van der Waals surface area contributed by atoms with E-state index in [0.717, 1.165) is 16.9 Å². The minimum absolute atomic E-state index is 0.136. The number of amides is 1. The molecule has 0 aliphatic carbocycles. The molecule has 0 aromatic heterocycles. The van der Waals surface area contributed by atoms with E-state index < -0.39 is 5.97 Å². The van der Waals surface area contributed by atoms with E-state index in [2.05, 4.69) is 5.32 Å². The van der Waals surface area contributed by atoms with Crippen molar-refractivity contribution >= 4 is 18.0 Å². The molecule has 0 spiro atoms. The van der Waals surface area contributed by atoms with Crippen LogP contribution in [-0.4, -0.2) is 25.0 Å². The van der Waals surface area contributed by atoms with Crippen LogP contribution >= 0.6 is 0 Å². The Morgan fingerprint density at radius 1 is 1.04 bits per heavy atom. The van der Waals surface area contributed by atoms with Crippen LogP contribution in [0.3, 0.4) is 0 Å². The number of ether oxygens (including phenoxy) is 2. The fourth-order valence-electron chi connectivity index (χ4n) is 2.02. The van der Waals surface area contributed by atoms with Crippen molar-refractivity contribution in [3.05, 3.63) is 71.8 Å². The van der Waals surface area contributed by atoms with Crippen LogP contribution in [0.5, 0.6) is 5.75 Å². The summed E-state index contributed by atoms with van der Waals surface area (Å²) in [6, 6.07) is 17.3. The average Bonchev–Trinajstić information content (AvgIpc) is 2.65. The summed E-state index contributed by atoms with van der Waals surface area (Å²) < 4.78 is 10.4. The Labute approximate surface area is 147 Å². The topological polar surface area (TPSA) is 64.6 Å². The summed E-state index contributed by atoms with van der Waals surface area (Å²) in [7, 11) is 0. The fraction of sp³-hybridized carbons (Fsp3) is 0.200. The van der Waals surface area contributed by atoms with E-state index in [1.807, 2.05) is 54.6 Å². The van der Waals surface area contributed by atoms with E-state index in [1.54, 1.807) is 13.0 Å². The van der Waals surface area contributed by atoms with Gasteiger partial charge in [-0.15, -0.1) is 0 Å². The minimum atomic E-state index is -0.454. The molecule has 0 saturated carbocycles. The first kappa shape index (κ1) is 18.3. The summed E-state index contributed by atoms with van der Waals surface area (Å²) in [6.45, 7) is 2.38. The molecule has 1 amide bonds. The van der Waals surface area contributed by atoms with Gasteiger partial charge in [-0.3, -0.25) is 9.59 Å². The fourth-order valence-corrected chi connectivity index (χ4v) is 2.02. The minimum Gasteiger partial charge on any atom is -0.489 e. The molecule has 0 aliphatic rings. The van der Waals surface area contributed by atoms with E-state index in [4.69, 9.17) is 9.47 Å². The maximum atomic E-state index is 11.6. The maximum absolute atomic E-state index is 11.6. The van der Waals surface area contributed by atoms with Crippen LogP contribution in [0.2, 0.25) is 0 Å². The zero-order chi connectivity index (χ0) is 17.9. The summed E-state index contributed by atoms with van der Waals surface area (Å²) >= 11 is 0. The van der Waals surface area contributed by atoms with Crippen molar-refractivity contribution in [2.24, 2.45) is 0 Å². The first-order valence-corrected chi connectivity index (χ1v) is 8.05. The molecule has 0 heterocycles. The molecule has 0 atom stereocenters. The average molecular weight is 339 g/mol. The number of nitrogens with one attached hydrogen (secondary N) is 1. The molecule has 1 N–H and O–H groups in total. The first-order chi connectivity index (χ1) is 12.2. The van der Waals surface area contributed by atoms with E-state index in [1.165, 1.54) is 6.08 Å². The summed E-state index contributed by atoms with van der Waals surface area (Å²) in [5.74, 6) is -0.0469. The van der Waals surface area contributed by atoms with Crippen molar-refractivity contribution < 1.29 is 19.1 Å². The third-order valence-corrected chi connectivity index (χ3v) is 3.27. The molecular formula is C20H21NO4. The second kappa shape index (κ2) is 9.93. The number of carbonyl (C=O) groups is 2. The molecule has 0 fully saturated rings. The van der Waals surface area contributed by atoms with Crippen LogP contribution < -0.4 is 10.1 Å². The molecule has 0 bridgehead atoms. The largest absolute Gasteiger partial charge is 0.489 e. The summed E-state index contributed by atoms with van der Waals surface area (Å²) in [5.41, 5.74) is 1.96. The molecule has 5 nitrogen and oxygen atoms in total. The molecule has 2 aromatic carbocycles. The zero-order valence-electron chi connectivity index (χ0n) is 14.1. The van der Waals surface area contributed by atoms with Gasteiger partial charge >= 0.3 is 5.97 Å². The maximum Gasteiger partial charge on any atom is 0.325 e. The lowest BCUT2D eigenvalue weighted by Gasteiger charge is -2.06. The monoisotopic (exact) mass is 339 g/mol. The molecule has 25 heavy (non-hydrogen) atoms. The Bertz CT molecular complexity index is 708. The Morgan fingerprint density at radius 2 is 1.76 bits per heavy atom. The van der Waals surface area contributed by atoms with Gasteiger partial charge in [-0.1, -0.05) is 42.5 Å². The third kappa shape index (κ3) is 6.91. The highest BCUT2D eigenvalue weighted by Gasteiger charge is 2.03. The predicted octanol–water partition coefficient (Wildman–Crippen LogP) is 2.96. The first-order valence-electron chi connectivity index (χ1n) is 8.05. The standard InChI is InChI=1S/C20H21NO4/c1-2-24-20(23)14-21-19(22)13-10-16-8-11-18(12-9-16)25-15-17-6-4-3-5-7-17/h3-13H,2,14-15H2,1H3,(H,21,22)/b13-10+. The van der Waals surface area contributed by atoms with Gasteiger partial charge in [-0.25, -0.2) is 0 Å². The molecule has 2 aromatic rings. The molecular weight excluding hydrogens is 318 g/mol. The second-order valence-corrected chi connectivity index (χ2v) is 5.20. The Morgan fingerprint density at radius 3 is 2.44 bits per heavy atom. The number of hydrogen-bond donors (Lipinski definition) is 1. The predicted molar refractivity (Wildman–Crippen MR) is 95.9 cm³/mol. The van der Waals surface area contributed by atoms with Gasteiger partial charge in [0.25, 0.3) is 0 Å².